The molecule has 1 saturated heterocycles. The number of aromatic hydroxyl groups is 1. The van der Waals surface area contributed by atoms with Gasteiger partial charge in [0.2, 0.25) is 0 Å². The summed E-state index contributed by atoms with van der Waals surface area (Å²) >= 11 is 0. The number of nitrogens with one attached hydrogen (secondary N) is 1. The molecule has 3 rings (SSSR count). The predicted molar refractivity (Wildman–Crippen MR) is 128 cm³/mol. The maximum atomic E-state index is 13.0. The minimum absolute atomic E-state index is 0.0718. The lowest BCUT2D eigenvalue weighted by atomic mass is 9.91. The van der Waals surface area contributed by atoms with E-state index in [0.717, 1.165) is 5.56 Å². The molecule has 1 aromatic heterocycles. The fourth-order valence-corrected chi connectivity index (χ4v) is 3.98. The number of aromatic nitrogens is 1. The average Bonchev–Trinajstić information content (AvgIpc) is 2.87. The van der Waals surface area contributed by atoms with Crippen LogP contribution in [0.4, 0.5) is 0 Å². The molecule has 2 heterocycles. The highest BCUT2D eigenvalue weighted by Gasteiger charge is 2.36. The van der Waals surface area contributed by atoms with Crippen molar-refractivity contribution in [3.63, 3.8) is 0 Å². The van der Waals surface area contributed by atoms with Crippen LogP contribution in [0, 0.1) is 11.8 Å². The van der Waals surface area contributed by atoms with E-state index in [9.17, 15) is 14.7 Å². The maximum absolute atomic E-state index is 13.0. The molecule has 9 nitrogen and oxygen atoms in total. The molecular formula is C26H34N2O7. The molecule has 0 saturated carbocycles. The lowest BCUT2D eigenvalue weighted by Gasteiger charge is -2.31. The molecule has 0 aliphatic carbocycles. The molecule has 0 bridgehead atoms. The number of esters is 1. The number of hydrogen-bond acceptors (Lipinski definition) is 8. The van der Waals surface area contributed by atoms with Crippen molar-refractivity contribution < 1.29 is 33.6 Å². The van der Waals surface area contributed by atoms with Crippen molar-refractivity contribution in [2.24, 2.45) is 11.8 Å². The number of carbonyl (C=O) groups excluding carboxylic acids is 2. The third-order valence-corrected chi connectivity index (χ3v) is 5.72. The quantitative estimate of drug-likeness (QED) is 0.547. The van der Waals surface area contributed by atoms with E-state index in [1.807, 2.05) is 30.3 Å². The van der Waals surface area contributed by atoms with Gasteiger partial charge in [-0.2, -0.15) is 0 Å². The van der Waals surface area contributed by atoms with Gasteiger partial charge >= 0.3 is 5.97 Å². The minimum Gasteiger partial charge on any atom is -0.503 e. The number of rotatable bonds is 8. The summed E-state index contributed by atoms with van der Waals surface area (Å²) in [5.41, 5.74) is 0.867. The van der Waals surface area contributed by atoms with E-state index >= 15 is 0 Å². The van der Waals surface area contributed by atoms with Gasteiger partial charge in [0.1, 0.15) is 6.10 Å². The Hall–Kier alpha value is -3.17. The molecule has 0 spiro atoms. The van der Waals surface area contributed by atoms with Crippen LogP contribution < -0.4 is 10.1 Å². The van der Waals surface area contributed by atoms with E-state index in [1.165, 1.54) is 19.4 Å². The first-order valence-corrected chi connectivity index (χ1v) is 11.8. The molecule has 1 aromatic carbocycles. The third kappa shape index (κ3) is 7.16. The van der Waals surface area contributed by atoms with Gasteiger partial charge in [-0.05, 0) is 24.8 Å². The summed E-state index contributed by atoms with van der Waals surface area (Å²) in [6.45, 7) is 6.64. The number of hydrogen-bond donors (Lipinski definition) is 2. The van der Waals surface area contributed by atoms with Crippen LogP contribution in [0.3, 0.4) is 0 Å². The zero-order valence-corrected chi connectivity index (χ0v) is 20.6. The molecule has 190 valence electrons. The number of nitrogens with zero attached hydrogens (tertiary/aromatic N) is 1. The third-order valence-electron chi connectivity index (χ3n) is 5.72. The average molecular weight is 487 g/mol. The SMILES string of the molecule is COc1ccnc(C(=O)N[C@H]2COC[C@H](Cc3ccccc3)[C@@H](OCC(C)C)[C@H](C)OC2=O)c1O. The highest BCUT2D eigenvalue weighted by atomic mass is 16.6. The van der Waals surface area contributed by atoms with E-state index in [4.69, 9.17) is 18.9 Å². The topological polar surface area (TPSA) is 116 Å². The summed E-state index contributed by atoms with van der Waals surface area (Å²) in [5.74, 6) is -1.47. The van der Waals surface area contributed by atoms with E-state index in [0.29, 0.717) is 25.6 Å². The largest absolute Gasteiger partial charge is 0.503 e. The van der Waals surface area contributed by atoms with Gasteiger partial charge in [-0.3, -0.25) is 4.79 Å². The van der Waals surface area contributed by atoms with Crippen LogP contribution in [0.15, 0.2) is 42.6 Å². The molecule has 35 heavy (non-hydrogen) atoms. The first-order valence-electron chi connectivity index (χ1n) is 11.8. The Balaban J connectivity index is 1.77. The number of amides is 1. The molecule has 2 N–H and O–H groups in total. The second-order valence-electron chi connectivity index (χ2n) is 9.06. The number of ether oxygens (including phenoxy) is 4. The Kier molecular flexibility index (Phi) is 9.45. The van der Waals surface area contributed by atoms with E-state index in [-0.39, 0.29) is 30.1 Å². The van der Waals surface area contributed by atoms with Gasteiger partial charge in [0.25, 0.3) is 5.91 Å². The molecule has 1 fully saturated rings. The molecule has 2 aromatic rings. The molecule has 1 aliphatic rings. The van der Waals surface area contributed by atoms with E-state index in [2.05, 4.69) is 24.1 Å². The summed E-state index contributed by atoms with van der Waals surface area (Å²) < 4.78 is 22.9. The van der Waals surface area contributed by atoms with E-state index in [1.54, 1.807) is 6.92 Å². The van der Waals surface area contributed by atoms with Gasteiger partial charge < -0.3 is 29.4 Å². The standard InChI is InChI=1S/C26H34N2O7/c1-16(2)13-34-24-17(3)35-26(31)20(15-33-14-19(24)12-18-8-6-5-7-9-18)28-25(30)22-23(29)21(32-4)10-11-27-22/h5-11,16-17,19-20,24,29H,12-15H2,1-4H3,(H,28,30)/t17-,19-,20-,24-/m0/s1. The number of methoxy groups -OCH3 is 1. The monoisotopic (exact) mass is 486 g/mol. The Labute approximate surface area is 205 Å². The second kappa shape index (κ2) is 12.5. The lowest BCUT2D eigenvalue weighted by molar-refractivity contribution is -0.160. The first-order chi connectivity index (χ1) is 16.8. The number of cyclic esters (lactones) is 1. The highest BCUT2D eigenvalue weighted by Crippen LogP contribution is 2.28. The summed E-state index contributed by atoms with van der Waals surface area (Å²) in [6, 6.07) is 10.3. The van der Waals surface area contributed by atoms with Gasteiger partial charge in [0.15, 0.2) is 23.2 Å². The number of benzene rings is 1. The fraction of sp³-hybridized carbons (Fsp3) is 0.500. The van der Waals surface area contributed by atoms with Gasteiger partial charge in [-0.15, -0.1) is 0 Å². The van der Waals surface area contributed by atoms with Crippen molar-refractivity contribution >= 4 is 11.9 Å². The Bertz CT molecular complexity index is 983. The van der Waals surface area contributed by atoms with Gasteiger partial charge in [0.05, 0.1) is 26.4 Å². The first kappa shape index (κ1) is 26.4. The van der Waals surface area contributed by atoms with Crippen LogP contribution in [0.25, 0.3) is 0 Å². The fourth-order valence-electron chi connectivity index (χ4n) is 3.98. The zero-order valence-electron chi connectivity index (χ0n) is 20.6. The van der Waals surface area contributed by atoms with Crippen molar-refractivity contribution in [3.05, 3.63) is 53.9 Å². The molecule has 4 atom stereocenters. The normalized spacial score (nSPS) is 23.1. The lowest BCUT2D eigenvalue weighted by Crippen LogP contribution is -2.46. The molecule has 0 unspecified atom stereocenters. The minimum atomic E-state index is -1.08. The van der Waals surface area contributed by atoms with Crippen LogP contribution in [0.5, 0.6) is 11.5 Å². The van der Waals surface area contributed by atoms with Gasteiger partial charge in [-0.1, -0.05) is 44.2 Å². The molecular weight excluding hydrogens is 452 g/mol. The Morgan fingerprint density at radius 1 is 1.23 bits per heavy atom. The Morgan fingerprint density at radius 2 is 1.97 bits per heavy atom. The second-order valence-corrected chi connectivity index (χ2v) is 9.06. The van der Waals surface area contributed by atoms with Crippen molar-refractivity contribution in [2.75, 3.05) is 26.9 Å². The summed E-state index contributed by atoms with van der Waals surface area (Å²) in [5, 5.41) is 12.8. The van der Waals surface area contributed by atoms with Crippen LogP contribution >= 0.6 is 0 Å². The number of pyridine rings is 1. The van der Waals surface area contributed by atoms with Gasteiger partial charge in [0, 0.05) is 24.8 Å². The van der Waals surface area contributed by atoms with Crippen LogP contribution in [-0.4, -0.2) is 67.1 Å². The molecule has 9 heteroatoms. The smallest absolute Gasteiger partial charge is 0.331 e. The Morgan fingerprint density at radius 3 is 2.66 bits per heavy atom. The van der Waals surface area contributed by atoms with Crippen molar-refractivity contribution in [1.29, 1.82) is 0 Å². The van der Waals surface area contributed by atoms with Crippen molar-refractivity contribution in [3.8, 4) is 11.5 Å². The molecule has 0 radical (unpaired) electrons. The summed E-state index contributed by atoms with van der Waals surface area (Å²) in [4.78, 5) is 29.7. The van der Waals surface area contributed by atoms with Gasteiger partial charge in [-0.25, -0.2) is 9.78 Å². The van der Waals surface area contributed by atoms with E-state index < -0.39 is 29.8 Å². The maximum Gasteiger partial charge on any atom is 0.331 e. The van der Waals surface area contributed by atoms with Crippen molar-refractivity contribution in [1.82, 2.24) is 10.3 Å². The van der Waals surface area contributed by atoms with Crippen LogP contribution in [-0.2, 0) is 25.4 Å². The van der Waals surface area contributed by atoms with Crippen molar-refractivity contribution in [2.45, 2.75) is 45.4 Å². The summed E-state index contributed by atoms with van der Waals surface area (Å²) in [6.07, 6.45) is 1.06. The molecule has 1 aliphatic heterocycles. The summed E-state index contributed by atoms with van der Waals surface area (Å²) in [7, 11) is 1.37. The van der Waals surface area contributed by atoms with Crippen LogP contribution in [0.2, 0.25) is 0 Å². The highest BCUT2D eigenvalue weighted by molar-refractivity contribution is 5.98. The predicted octanol–water partition coefficient (Wildman–Crippen LogP) is 2.76. The zero-order chi connectivity index (χ0) is 25.4. The number of carbonyl (C=O) groups is 2. The van der Waals surface area contributed by atoms with Crippen LogP contribution in [0.1, 0.15) is 36.8 Å². The molecule has 1 amide bonds.